The Morgan fingerprint density at radius 1 is 1.43 bits per heavy atom. The number of hydrogen-bond acceptors (Lipinski definition) is 2. The van der Waals surface area contributed by atoms with E-state index in [1.165, 1.54) is 11.1 Å². The van der Waals surface area contributed by atoms with E-state index in [2.05, 4.69) is 28.1 Å². The summed E-state index contributed by atoms with van der Waals surface area (Å²) < 4.78 is 11.5. The zero-order valence-corrected chi connectivity index (χ0v) is 9.50. The van der Waals surface area contributed by atoms with Crippen LogP contribution in [0.3, 0.4) is 0 Å². The van der Waals surface area contributed by atoms with Crippen LogP contribution in [0, 0.1) is 0 Å². The summed E-state index contributed by atoms with van der Waals surface area (Å²) in [7, 11) is 1.67. The van der Waals surface area contributed by atoms with Crippen molar-refractivity contribution >= 4 is 21.5 Å². The molecule has 0 N–H and O–H groups in total. The molecule has 0 bridgehead atoms. The molecular weight excluding hydrogens is 244 g/mol. The fraction of sp³-hybridized carbons (Fsp3) is 0.273. The van der Waals surface area contributed by atoms with Crippen molar-refractivity contribution in [2.45, 2.75) is 0 Å². The molecule has 0 saturated carbocycles. The van der Waals surface area contributed by atoms with Gasteiger partial charge in [0.05, 0.1) is 24.8 Å². The summed E-state index contributed by atoms with van der Waals surface area (Å²) in [5.41, 5.74) is 2.40. The molecule has 1 aromatic rings. The third-order valence-corrected chi connectivity index (χ3v) is 2.88. The number of ether oxygens (including phenoxy) is 2. The normalized spacial score (nSPS) is 15.4. The van der Waals surface area contributed by atoms with Crippen molar-refractivity contribution in [3.8, 4) is 5.75 Å². The third-order valence-electron chi connectivity index (χ3n) is 2.23. The molecule has 0 aromatic heterocycles. The molecule has 0 aliphatic carbocycles. The van der Waals surface area contributed by atoms with E-state index in [1.54, 1.807) is 7.11 Å². The SMILES string of the molecule is COc1cc(C2=CCOC2)ccc1Br. The zero-order valence-electron chi connectivity index (χ0n) is 7.92. The molecule has 0 radical (unpaired) electrons. The highest BCUT2D eigenvalue weighted by Gasteiger charge is 2.09. The molecule has 1 aromatic carbocycles. The minimum absolute atomic E-state index is 0.699. The predicted octanol–water partition coefficient (Wildman–Crippen LogP) is 2.87. The van der Waals surface area contributed by atoms with Crippen molar-refractivity contribution in [3.05, 3.63) is 34.3 Å². The van der Waals surface area contributed by atoms with E-state index in [0.29, 0.717) is 13.2 Å². The quantitative estimate of drug-likeness (QED) is 0.808. The summed E-state index contributed by atoms with van der Waals surface area (Å²) in [5, 5.41) is 0. The molecule has 2 rings (SSSR count). The van der Waals surface area contributed by atoms with E-state index in [-0.39, 0.29) is 0 Å². The first-order valence-electron chi connectivity index (χ1n) is 4.42. The molecule has 0 spiro atoms. The van der Waals surface area contributed by atoms with Crippen molar-refractivity contribution < 1.29 is 9.47 Å². The lowest BCUT2D eigenvalue weighted by molar-refractivity contribution is 0.216. The van der Waals surface area contributed by atoms with Crippen LogP contribution in [0.4, 0.5) is 0 Å². The van der Waals surface area contributed by atoms with Gasteiger partial charge >= 0.3 is 0 Å². The van der Waals surface area contributed by atoms with Gasteiger partial charge in [-0.25, -0.2) is 0 Å². The van der Waals surface area contributed by atoms with Gasteiger partial charge in [0, 0.05) is 0 Å². The predicted molar refractivity (Wildman–Crippen MR) is 59.5 cm³/mol. The minimum atomic E-state index is 0.699. The Balaban J connectivity index is 2.35. The highest BCUT2D eigenvalue weighted by molar-refractivity contribution is 9.10. The Morgan fingerprint density at radius 2 is 2.29 bits per heavy atom. The van der Waals surface area contributed by atoms with E-state index in [0.717, 1.165) is 10.2 Å². The number of hydrogen-bond donors (Lipinski definition) is 0. The summed E-state index contributed by atoms with van der Waals surface area (Å²) in [6.07, 6.45) is 2.10. The van der Waals surface area contributed by atoms with Gasteiger partial charge in [0.1, 0.15) is 5.75 Å². The molecule has 1 aliphatic heterocycles. The molecule has 3 heteroatoms. The number of methoxy groups -OCH3 is 1. The molecule has 74 valence electrons. The summed E-state index contributed by atoms with van der Waals surface area (Å²) in [4.78, 5) is 0. The van der Waals surface area contributed by atoms with Crippen LogP contribution in [0.1, 0.15) is 5.56 Å². The van der Waals surface area contributed by atoms with Crippen LogP contribution in [0.5, 0.6) is 5.75 Å². The fourth-order valence-electron chi connectivity index (χ4n) is 1.45. The van der Waals surface area contributed by atoms with Crippen molar-refractivity contribution in [2.24, 2.45) is 0 Å². The van der Waals surface area contributed by atoms with Gasteiger partial charge in [-0.15, -0.1) is 0 Å². The van der Waals surface area contributed by atoms with Gasteiger partial charge in [-0.1, -0.05) is 12.1 Å². The molecule has 2 nitrogen and oxygen atoms in total. The lowest BCUT2D eigenvalue weighted by Gasteiger charge is -2.06. The molecule has 0 unspecified atom stereocenters. The molecule has 0 atom stereocenters. The van der Waals surface area contributed by atoms with Crippen LogP contribution in [-0.4, -0.2) is 20.3 Å². The van der Waals surface area contributed by atoms with E-state index in [1.807, 2.05) is 12.1 Å². The topological polar surface area (TPSA) is 18.5 Å². The van der Waals surface area contributed by atoms with E-state index in [9.17, 15) is 0 Å². The highest BCUT2D eigenvalue weighted by atomic mass is 79.9. The second-order valence-corrected chi connectivity index (χ2v) is 3.95. The Hall–Kier alpha value is -0.800. The van der Waals surface area contributed by atoms with Crippen molar-refractivity contribution in [3.63, 3.8) is 0 Å². The summed E-state index contributed by atoms with van der Waals surface area (Å²) in [6.45, 7) is 1.42. The maximum absolute atomic E-state index is 5.27. The van der Waals surface area contributed by atoms with Crippen molar-refractivity contribution in [1.29, 1.82) is 0 Å². The van der Waals surface area contributed by atoms with Crippen molar-refractivity contribution in [1.82, 2.24) is 0 Å². The van der Waals surface area contributed by atoms with Crippen LogP contribution in [0.25, 0.3) is 5.57 Å². The zero-order chi connectivity index (χ0) is 9.97. The lowest BCUT2D eigenvalue weighted by Crippen LogP contribution is -1.90. The second-order valence-electron chi connectivity index (χ2n) is 3.09. The summed E-state index contributed by atoms with van der Waals surface area (Å²) in [6, 6.07) is 6.07. The van der Waals surface area contributed by atoms with E-state index < -0.39 is 0 Å². The van der Waals surface area contributed by atoms with Gasteiger partial charge in [0.2, 0.25) is 0 Å². The maximum atomic E-state index is 5.27. The van der Waals surface area contributed by atoms with Crippen molar-refractivity contribution in [2.75, 3.05) is 20.3 Å². The van der Waals surface area contributed by atoms with Gasteiger partial charge in [0.15, 0.2) is 0 Å². The molecule has 0 saturated heterocycles. The lowest BCUT2D eigenvalue weighted by atomic mass is 10.1. The summed E-state index contributed by atoms with van der Waals surface area (Å²) >= 11 is 3.42. The molecule has 0 amide bonds. The first-order chi connectivity index (χ1) is 6.81. The molecule has 1 heterocycles. The van der Waals surface area contributed by atoms with Gasteiger partial charge in [0.25, 0.3) is 0 Å². The highest BCUT2D eigenvalue weighted by Crippen LogP contribution is 2.29. The van der Waals surface area contributed by atoms with Gasteiger partial charge in [-0.2, -0.15) is 0 Å². The average Bonchev–Trinajstić information content (AvgIpc) is 2.71. The van der Waals surface area contributed by atoms with Gasteiger partial charge in [-0.3, -0.25) is 0 Å². The van der Waals surface area contributed by atoms with Crippen LogP contribution < -0.4 is 4.74 Å². The maximum Gasteiger partial charge on any atom is 0.133 e. The van der Waals surface area contributed by atoms with Crippen LogP contribution >= 0.6 is 15.9 Å². The first-order valence-corrected chi connectivity index (χ1v) is 5.21. The Labute approximate surface area is 91.7 Å². The largest absolute Gasteiger partial charge is 0.496 e. The van der Waals surface area contributed by atoms with Crippen LogP contribution in [-0.2, 0) is 4.74 Å². The number of benzene rings is 1. The number of halogens is 1. The van der Waals surface area contributed by atoms with Gasteiger partial charge in [-0.05, 0) is 39.2 Å². The average molecular weight is 255 g/mol. The van der Waals surface area contributed by atoms with Crippen LogP contribution in [0.2, 0.25) is 0 Å². The van der Waals surface area contributed by atoms with Crippen LogP contribution in [0.15, 0.2) is 28.7 Å². The minimum Gasteiger partial charge on any atom is -0.496 e. The molecule has 14 heavy (non-hydrogen) atoms. The van der Waals surface area contributed by atoms with Gasteiger partial charge < -0.3 is 9.47 Å². The van der Waals surface area contributed by atoms with E-state index >= 15 is 0 Å². The third kappa shape index (κ3) is 1.83. The first kappa shape index (κ1) is 9.74. The Morgan fingerprint density at radius 3 is 2.93 bits per heavy atom. The second kappa shape index (κ2) is 4.15. The molecule has 0 fully saturated rings. The smallest absolute Gasteiger partial charge is 0.133 e. The monoisotopic (exact) mass is 254 g/mol. The van der Waals surface area contributed by atoms with E-state index in [4.69, 9.17) is 9.47 Å². The fourth-order valence-corrected chi connectivity index (χ4v) is 1.86. The summed E-state index contributed by atoms with van der Waals surface area (Å²) in [5.74, 6) is 0.857. The molecule has 1 aliphatic rings. The molecular formula is C11H11BrO2. The standard InChI is InChI=1S/C11H11BrO2/c1-13-11-6-8(2-3-10(11)12)9-4-5-14-7-9/h2-4,6H,5,7H2,1H3. The Kier molecular flexibility index (Phi) is 2.89. The number of rotatable bonds is 2. The Bertz CT molecular complexity index is 372.